The molecule has 6 nitrogen and oxygen atoms in total. The van der Waals surface area contributed by atoms with Crippen LogP contribution in [0.5, 0.6) is 0 Å². The standard InChI is InChI=1S/C18H22N4O2/c1-14-4-2-3-5-15(14)20-17-19-9-6-16(21-17)22-10-7-18(8-11-22)23-12-13-24-18/h2-6,9H,7-8,10-13H2,1H3,(H,19,20,21). The average molecular weight is 326 g/mol. The molecule has 1 N–H and O–H groups in total. The number of aryl methyl sites for hydroxylation is 1. The first-order valence-electron chi connectivity index (χ1n) is 8.43. The number of hydrogen-bond acceptors (Lipinski definition) is 6. The Morgan fingerprint density at radius 1 is 1.08 bits per heavy atom. The van der Waals surface area contributed by atoms with E-state index in [1.54, 1.807) is 6.20 Å². The summed E-state index contributed by atoms with van der Waals surface area (Å²) in [7, 11) is 0. The van der Waals surface area contributed by atoms with E-state index in [1.807, 2.05) is 24.3 Å². The van der Waals surface area contributed by atoms with E-state index in [1.165, 1.54) is 5.56 Å². The van der Waals surface area contributed by atoms with Crippen molar-refractivity contribution in [3.8, 4) is 0 Å². The SMILES string of the molecule is Cc1ccccc1Nc1nccc(N2CCC3(CC2)OCCO3)n1. The maximum absolute atomic E-state index is 5.79. The molecule has 0 amide bonds. The monoisotopic (exact) mass is 326 g/mol. The highest BCUT2D eigenvalue weighted by molar-refractivity contribution is 5.59. The van der Waals surface area contributed by atoms with Crippen LogP contribution in [0, 0.1) is 6.92 Å². The summed E-state index contributed by atoms with van der Waals surface area (Å²) in [6, 6.07) is 10.1. The number of hydrogen-bond donors (Lipinski definition) is 1. The van der Waals surface area contributed by atoms with Crippen molar-refractivity contribution >= 4 is 17.5 Å². The smallest absolute Gasteiger partial charge is 0.229 e. The van der Waals surface area contributed by atoms with Crippen molar-refractivity contribution in [2.24, 2.45) is 0 Å². The average Bonchev–Trinajstić information content (AvgIpc) is 3.06. The van der Waals surface area contributed by atoms with Gasteiger partial charge in [-0.3, -0.25) is 0 Å². The van der Waals surface area contributed by atoms with Crippen LogP contribution in [-0.2, 0) is 9.47 Å². The molecular weight excluding hydrogens is 304 g/mol. The van der Waals surface area contributed by atoms with Gasteiger partial charge in [-0.2, -0.15) is 4.98 Å². The van der Waals surface area contributed by atoms with E-state index in [0.717, 1.165) is 37.4 Å². The molecule has 0 unspecified atom stereocenters. The molecule has 126 valence electrons. The predicted octanol–water partition coefficient (Wildman–Crippen LogP) is 2.87. The number of rotatable bonds is 3. The first-order chi connectivity index (χ1) is 11.7. The third-order valence-electron chi connectivity index (χ3n) is 4.70. The molecule has 1 aromatic carbocycles. The number of nitrogens with zero attached hydrogens (tertiary/aromatic N) is 3. The van der Waals surface area contributed by atoms with Crippen LogP contribution in [0.3, 0.4) is 0 Å². The van der Waals surface area contributed by atoms with Gasteiger partial charge < -0.3 is 19.7 Å². The zero-order chi connectivity index (χ0) is 16.4. The van der Waals surface area contributed by atoms with Crippen LogP contribution in [0.25, 0.3) is 0 Å². The molecule has 2 aliphatic rings. The molecule has 1 spiro atoms. The first kappa shape index (κ1) is 15.4. The number of aromatic nitrogens is 2. The van der Waals surface area contributed by atoms with Crippen molar-refractivity contribution in [1.82, 2.24) is 9.97 Å². The Morgan fingerprint density at radius 3 is 2.58 bits per heavy atom. The Kier molecular flexibility index (Phi) is 4.08. The van der Waals surface area contributed by atoms with E-state index in [-0.39, 0.29) is 5.79 Å². The van der Waals surface area contributed by atoms with Crippen LogP contribution in [0.1, 0.15) is 18.4 Å². The van der Waals surface area contributed by atoms with Crippen LogP contribution in [0.15, 0.2) is 36.5 Å². The van der Waals surface area contributed by atoms with E-state index in [0.29, 0.717) is 19.2 Å². The summed E-state index contributed by atoms with van der Waals surface area (Å²) >= 11 is 0. The zero-order valence-corrected chi connectivity index (χ0v) is 13.9. The summed E-state index contributed by atoms with van der Waals surface area (Å²) in [5.74, 6) is 1.20. The topological polar surface area (TPSA) is 59.5 Å². The van der Waals surface area contributed by atoms with Crippen LogP contribution in [0.2, 0.25) is 0 Å². The van der Waals surface area contributed by atoms with Gasteiger partial charge in [0.1, 0.15) is 5.82 Å². The quantitative estimate of drug-likeness (QED) is 0.936. The van der Waals surface area contributed by atoms with Gasteiger partial charge in [-0.15, -0.1) is 0 Å². The predicted molar refractivity (Wildman–Crippen MR) is 92.6 cm³/mol. The fraction of sp³-hybridized carbons (Fsp3) is 0.444. The Hall–Kier alpha value is -2.18. The van der Waals surface area contributed by atoms with E-state index in [9.17, 15) is 0 Å². The van der Waals surface area contributed by atoms with Crippen LogP contribution >= 0.6 is 0 Å². The van der Waals surface area contributed by atoms with Crippen LogP contribution in [-0.4, -0.2) is 42.1 Å². The third-order valence-corrected chi connectivity index (χ3v) is 4.70. The second-order valence-electron chi connectivity index (χ2n) is 6.27. The largest absolute Gasteiger partial charge is 0.356 e. The van der Waals surface area contributed by atoms with Gasteiger partial charge in [0.15, 0.2) is 5.79 Å². The van der Waals surface area contributed by atoms with Crippen molar-refractivity contribution in [3.05, 3.63) is 42.1 Å². The van der Waals surface area contributed by atoms with Gasteiger partial charge in [0.25, 0.3) is 0 Å². The summed E-state index contributed by atoms with van der Waals surface area (Å²) in [5, 5.41) is 3.30. The summed E-state index contributed by atoms with van der Waals surface area (Å²) in [6.45, 7) is 5.23. The number of piperidine rings is 1. The maximum Gasteiger partial charge on any atom is 0.229 e. The lowest BCUT2D eigenvalue weighted by molar-refractivity contribution is -0.169. The molecule has 4 rings (SSSR count). The highest BCUT2D eigenvalue weighted by Gasteiger charge is 2.40. The molecule has 24 heavy (non-hydrogen) atoms. The van der Waals surface area contributed by atoms with E-state index in [2.05, 4.69) is 33.2 Å². The molecule has 3 heterocycles. The van der Waals surface area contributed by atoms with Gasteiger partial charge in [0, 0.05) is 37.8 Å². The fourth-order valence-corrected chi connectivity index (χ4v) is 3.28. The number of para-hydroxylation sites is 1. The lowest BCUT2D eigenvalue weighted by Crippen LogP contribution is -2.45. The van der Waals surface area contributed by atoms with Gasteiger partial charge in [0.05, 0.1) is 13.2 Å². The third kappa shape index (κ3) is 3.07. The van der Waals surface area contributed by atoms with Gasteiger partial charge >= 0.3 is 0 Å². The second kappa shape index (κ2) is 6.37. The minimum absolute atomic E-state index is 0.355. The summed E-state index contributed by atoms with van der Waals surface area (Å²) in [5.41, 5.74) is 2.20. The molecule has 0 saturated carbocycles. The molecule has 0 radical (unpaired) electrons. The molecule has 2 saturated heterocycles. The highest BCUT2D eigenvalue weighted by Crippen LogP contribution is 2.32. The normalized spacial score (nSPS) is 19.6. The number of ether oxygens (including phenoxy) is 2. The molecule has 6 heteroatoms. The van der Waals surface area contributed by atoms with Gasteiger partial charge in [0.2, 0.25) is 5.95 Å². The van der Waals surface area contributed by atoms with Gasteiger partial charge in [-0.05, 0) is 24.6 Å². The molecular formula is C18H22N4O2. The van der Waals surface area contributed by atoms with Gasteiger partial charge in [-0.1, -0.05) is 18.2 Å². The molecule has 2 aromatic rings. The number of benzene rings is 1. The molecule has 1 aromatic heterocycles. The van der Waals surface area contributed by atoms with E-state index < -0.39 is 0 Å². The summed E-state index contributed by atoms with van der Waals surface area (Å²) < 4.78 is 11.6. The summed E-state index contributed by atoms with van der Waals surface area (Å²) in [4.78, 5) is 11.3. The van der Waals surface area contributed by atoms with Crippen LogP contribution < -0.4 is 10.2 Å². The number of nitrogens with one attached hydrogen (secondary N) is 1. The molecule has 0 bridgehead atoms. The van der Waals surface area contributed by atoms with E-state index in [4.69, 9.17) is 9.47 Å². The van der Waals surface area contributed by atoms with Crippen molar-refractivity contribution in [2.45, 2.75) is 25.6 Å². The van der Waals surface area contributed by atoms with Crippen molar-refractivity contribution in [3.63, 3.8) is 0 Å². The first-order valence-corrected chi connectivity index (χ1v) is 8.43. The van der Waals surface area contributed by atoms with Crippen molar-refractivity contribution < 1.29 is 9.47 Å². The molecule has 2 fully saturated rings. The molecule has 0 aliphatic carbocycles. The van der Waals surface area contributed by atoms with Gasteiger partial charge in [-0.25, -0.2) is 4.98 Å². The Morgan fingerprint density at radius 2 is 1.83 bits per heavy atom. The van der Waals surface area contributed by atoms with Crippen molar-refractivity contribution in [2.75, 3.05) is 36.5 Å². The minimum Gasteiger partial charge on any atom is -0.356 e. The lowest BCUT2D eigenvalue weighted by Gasteiger charge is -2.38. The summed E-state index contributed by atoms with van der Waals surface area (Å²) in [6.07, 6.45) is 3.55. The second-order valence-corrected chi connectivity index (χ2v) is 6.27. The highest BCUT2D eigenvalue weighted by atomic mass is 16.7. The van der Waals surface area contributed by atoms with Crippen LogP contribution in [0.4, 0.5) is 17.5 Å². The fourth-order valence-electron chi connectivity index (χ4n) is 3.28. The Balaban J connectivity index is 1.46. The lowest BCUT2D eigenvalue weighted by atomic mass is 10.0. The van der Waals surface area contributed by atoms with E-state index >= 15 is 0 Å². The maximum atomic E-state index is 5.79. The zero-order valence-electron chi connectivity index (χ0n) is 13.9. The Bertz CT molecular complexity index is 706. The molecule has 0 atom stereocenters. The Labute approximate surface area is 141 Å². The minimum atomic E-state index is -0.355. The van der Waals surface area contributed by atoms with Crippen molar-refractivity contribution in [1.29, 1.82) is 0 Å². The number of anilines is 3. The molecule has 2 aliphatic heterocycles.